The fraction of sp³-hybridized carbons (Fsp3) is 0.714. The smallest absolute Gasteiger partial charge is 0.330 e. The van der Waals surface area contributed by atoms with E-state index in [1.54, 1.807) is 0 Å². The molecule has 0 amide bonds. The fourth-order valence-corrected chi connectivity index (χ4v) is 2.20. The lowest BCUT2D eigenvalue weighted by molar-refractivity contribution is 0.601. The van der Waals surface area contributed by atoms with Crippen molar-refractivity contribution >= 4 is 11.5 Å². The van der Waals surface area contributed by atoms with Crippen molar-refractivity contribution in [2.75, 3.05) is 23.7 Å². The summed E-state index contributed by atoms with van der Waals surface area (Å²) in [4.78, 5) is 28.2. The van der Waals surface area contributed by atoms with Gasteiger partial charge in [-0.2, -0.15) is 0 Å². The van der Waals surface area contributed by atoms with E-state index >= 15 is 0 Å². The maximum Gasteiger partial charge on any atom is 0.330 e. The molecular formula is C14H26N4O2. The Labute approximate surface area is 119 Å². The number of aromatic nitrogens is 2. The molecule has 1 rings (SSSR count). The van der Waals surface area contributed by atoms with Gasteiger partial charge in [0, 0.05) is 19.6 Å². The third-order valence-electron chi connectivity index (χ3n) is 3.43. The zero-order chi connectivity index (χ0) is 15.1. The van der Waals surface area contributed by atoms with E-state index in [-0.39, 0.29) is 5.82 Å². The first-order valence-electron chi connectivity index (χ1n) is 7.44. The van der Waals surface area contributed by atoms with Gasteiger partial charge in [0.05, 0.1) is 0 Å². The highest BCUT2D eigenvalue weighted by Crippen LogP contribution is 2.17. The molecule has 0 bridgehead atoms. The minimum atomic E-state index is -0.420. The van der Waals surface area contributed by atoms with Gasteiger partial charge in [-0.25, -0.2) is 4.79 Å². The summed E-state index contributed by atoms with van der Waals surface area (Å²) in [6.45, 7) is 8.13. The Morgan fingerprint density at radius 2 is 1.80 bits per heavy atom. The number of nitrogens with zero attached hydrogens (tertiary/aromatic N) is 2. The molecule has 20 heavy (non-hydrogen) atoms. The van der Waals surface area contributed by atoms with Crippen LogP contribution >= 0.6 is 0 Å². The molecule has 0 fully saturated rings. The molecule has 0 spiro atoms. The maximum atomic E-state index is 12.1. The Bertz CT molecular complexity index is 533. The molecule has 1 aromatic heterocycles. The van der Waals surface area contributed by atoms with Crippen molar-refractivity contribution in [3.63, 3.8) is 0 Å². The molecule has 0 saturated heterocycles. The molecule has 0 atom stereocenters. The van der Waals surface area contributed by atoms with E-state index in [9.17, 15) is 9.59 Å². The first-order chi connectivity index (χ1) is 9.56. The maximum absolute atomic E-state index is 12.1. The SMILES string of the molecule is CCCCN(CC)c1c(N)n(CCCC)c(=O)[nH]c1=O. The van der Waals surface area contributed by atoms with E-state index in [1.165, 1.54) is 4.57 Å². The van der Waals surface area contributed by atoms with E-state index in [1.807, 2.05) is 18.7 Å². The molecule has 1 heterocycles. The molecular weight excluding hydrogens is 256 g/mol. The van der Waals surface area contributed by atoms with E-state index in [4.69, 9.17) is 5.73 Å². The van der Waals surface area contributed by atoms with Gasteiger partial charge >= 0.3 is 5.69 Å². The average Bonchev–Trinajstić information content (AvgIpc) is 2.42. The molecule has 114 valence electrons. The van der Waals surface area contributed by atoms with Gasteiger partial charge in [0.1, 0.15) is 11.5 Å². The van der Waals surface area contributed by atoms with Crippen LogP contribution in [0.25, 0.3) is 0 Å². The van der Waals surface area contributed by atoms with Gasteiger partial charge in [0.15, 0.2) is 0 Å². The minimum Gasteiger partial charge on any atom is -0.383 e. The number of H-pyrrole nitrogens is 1. The average molecular weight is 282 g/mol. The third kappa shape index (κ3) is 3.65. The Hall–Kier alpha value is -1.72. The van der Waals surface area contributed by atoms with Gasteiger partial charge < -0.3 is 10.6 Å². The highest BCUT2D eigenvalue weighted by Gasteiger charge is 2.17. The molecule has 0 radical (unpaired) electrons. The van der Waals surface area contributed by atoms with Crippen LogP contribution in [0.3, 0.4) is 0 Å². The number of nitrogens with one attached hydrogen (secondary N) is 1. The first kappa shape index (κ1) is 16.3. The first-order valence-corrected chi connectivity index (χ1v) is 7.44. The van der Waals surface area contributed by atoms with Crippen LogP contribution in [0, 0.1) is 0 Å². The summed E-state index contributed by atoms with van der Waals surface area (Å²) >= 11 is 0. The van der Waals surface area contributed by atoms with Gasteiger partial charge in [-0.15, -0.1) is 0 Å². The number of aromatic amines is 1. The van der Waals surface area contributed by atoms with Crippen molar-refractivity contribution in [3.8, 4) is 0 Å². The van der Waals surface area contributed by atoms with Crippen molar-refractivity contribution in [2.24, 2.45) is 0 Å². The fourth-order valence-electron chi connectivity index (χ4n) is 2.20. The monoisotopic (exact) mass is 282 g/mol. The van der Waals surface area contributed by atoms with E-state index < -0.39 is 11.2 Å². The number of hydrogen-bond acceptors (Lipinski definition) is 4. The summed E-state index contributed by atoms with van der Waals surface area (Å²) in [5, 5.41) is 0. The van der Waals surface area contributed by atoms with Crippen LogP contribution in [0.15, 0.2) is 9.59 Å². The summed E-state index contributed by atoms with van der Waals surface area (Å²) in [7, 11) is 0. The van der Waals surface area contributed by atoms with Crippen molar-refractivity contribution < 1.29 is 0 Å². The lowest BCUT2D eigenvalue weighted by Gasteiger charge is -2.24. The molecule has 0 saturated carbocycles. The Morgan fingerprint density at radius 3 is 2.35 bits per heavy atom. The number of rotatable bonds is 8. The molecule has 0 aromatic carbocycles. The molecule has 1 aromatic rings. The minimum absolute atomic E-state index is 0.283. The highest BCUT2D eigenvalue weighted by atomic mass is 16.2. The topological polar surface area (TPSA) is 84.1 Å². The molecule has 0 aliphatic heterocycles. The van der Waals surface area contributed by atoms with Gasteiger partial charge in [-0.1, -0.05) is 26.7 Å². The number of hydrogen-bond donors (Lipinski definition) is 2. The number of unbranched alkanes of at least 4 members (excludes halogenated alkanes) is 2. The van der Waals surface area contributed by atoms with Gasteiger partial charge in [-0.05, 0) is 19.8 Å². The van der Waals surface area contributed by atoms with Gasteiger partial charge in [0.25, 0.3) is 5.56 Å². The molecule has 0 unspecified atom stereocenters. The second kappa shape index (κ2) is 7.77. The zero-order valence-corrected chi connectivity index (χ0v) is 12.7. The van der Waals surface area contributed by atoms with Crippen LogP contribution in [0.2, 0.25) is 0 Å². The standard InChI is InChI=1S/C14H26N4O2/c1-4-7-9-17(6-3)11-12(15)18(10-8-5-2)14(20)16-13(11)19/h4-10,15H2,1-3H3,(H,16,19,20). The van der Waals surface area contributed by atoms with Crippen LogP contribution in [0.5, 0.6) is 0 Å². The van der Waals surface area contributed by atoms with Crippen LogP contribution in [-0.2, 0) is 6.54 Å². The van der Waals surface area contributed by atoms with Crippen molar-refractivity contribution in [2.45, 2.75) is 53.0 Å². The summed E-state index contributed by atoms with van der Waals surface area (Å²) in [5.74, 6) is 0.283. The van der Waals surface area contributed by atoms with Crippen LogP contribution in [0.4, 0.5) is 11.5 Å². The van der Waals surface area contributed by atoms with E-state index in [0.717, 1.165) is 32.2 Å². The second-order valence-electron chi connectivity index (χ2n) is 4.93. The molecule has 0 aliphatic carbocycles. The largest absolute Gasteiger partial charge is 0.383 e. The van der Waals surface area contributed by atoms with Crippen molar-refractivity contribution in [1.82, 2.24) is 9.55 Å². The van der Waals surface area contributed by atoms with Crippen LogP contribution in [-0.4, -0.2) is 22.6 Å². The quantitative estimate of drug-likeness (QED) is 0.757. The van der Waals surface area contributed by atoms with E-state index in [0.29, 0.717) is 18.8 Å². The van der Waals surface area contributed by atoms with E-state index in [2.05, 4.69) is 11.9 Å². The van der Waals surface area contributed by atoms with Gasteiger partial charge in [0.2, 0.25) is 0 Å². The Morgan fingerprint density at radius 1 is 1.15 bits per heavy atom. The Kier molecular flexibility index (Phi) is 6.35. The summed E-state index contributed by atoms with van der Waals surface area (Å²) in [5.41, 5.74) is 5.69. The molecule has 6 heteroatoms. The van der Waals surface area contributed by atoms with Crippen molar-refractivity contribution in [1.29, 1.82) is 0 Å². The highest BCUT2D eigenvalue weighted by molar-refractivity contribution is 5.62. The Balaban J connectivity index is 3.23. The summed E-state index contributed by atoms with van der Waals surface area (Å²) < 4.78 is 1.47. The molecule has 0 aliphatic rings. The lowest BCUT2D eigenvalue weighted by Crippen LogP contribution is -2.38. The number of nitrogens with two attached hydrogens (primary N) is 1. The predicted molar refractivity (Wildman–Crippen MR) is 83.4 cm³/mol. The number of nitrogen functional groups attached to an aromatic ring is 1. The molecule has 6 nitrogen and oxygen atoms in total. The van der Waals surface area contributed by atoms with Gasteiger partial charge in [-0.3, -0.25) is 14.3 Å². The number of anilines is 2. The summed E-state index contributed by atoms with van der Waals surface area (Å²) in [6.07, 6.45) is 3.86. The summed E-state index contributed by atoms with van der Waals surface area (Å²) in [6, 6.07) is 0. The lowest BCUT2D eigenvalue weighted by atomic mass is 10.2. The van der Waals surface area contributed by atoms with Crippen LogP contribution < -0.4 is 21.9 Å². The molecule has 3 N–H and O–H groups in total. The van der Waals surface area contributed by atoms with Crippen LogP contribution in [0.1, 0.15) is 46.5 Å². The zero-order valence-electron chi connectivity index (χ0n) is 12.7. The third-order valence-corrected chi connectivity index (χ3v) is 3.43. The predicted octanol–water partition coefficient (Wildman–Crippen LogP) is 1.55. The second-order valence-corrected chi connectivity index (χ2v) is 4.93. The van der Waals surface area contributed by atoms with Crippen molar-refractivity contribution in [3.05, 3.63) is 20.8 Å². The normalized spacial score (nSPS) is 10.8.